The van der Waals surface area contributed by atoms with Crippen molar-refractivity contribution in [3.8, 4) is 0 Å². The fourth-order valence-corrected chi connectivity index (χ4v) is 5.26. The average molecular weight is 406 g/mol. The maximum atomic E-state index is 13.1. The molecule has 6 rings (SSSR count). The zero-order chi connectivity index (χ0) is 20.7. The van der Waals surface area contributed by atoms with Crippen molar-refractivity contribution in [2.75, 3.05) is 5.32 Å². The Kier molecular flexibility index (Phi) is 3.32. The molecule has 0 spiro atoms. The summed E-state index contributed by atoms with van der Waals surface area (Å²) in [5.74, 6) is 0.409. The summed E-state index contributed by atoms with van der Waals surface area (Å²) < 4.78 is 5.08. The van der Waals surface area contributed by atoms with E-state index in [1.807, 2.05) is 19.2 Å². The maximum Gasteiger partial charge on any atom is 0.330 e. The van der Waals surface area contributed by atoms with Gasteiger partial charge in [-0.25, -0.2) is 19.3 Å². The Balaban J connectivity index is 1.47. The molecule has 2 N–H and O–H groups in total. The molecule has 0 saturated heterocycles. The summed E-state index contributed by atoms with van der Waals surface area (Å²) in [7, 11) is 1.74. The first kappa shape index (κ1) is 17.6. The van der Waals surface area contributed by atoms with E-state index in [1.165, 1.54) is 6.33 Å². The molecule has 4 aromatic heterocycles. The molecule has 2 aliphatic carbocycles. The van der Waals surface area contributed by atoms with Gasteiger partial charge in [0, 0.05) is 7.05 Å². The van der Waals surface area contributed by atoms with Crippen molar-refractivity contribution in [3.63, 3.8) is 0 Å². The molecule has 0 amide bonds. The van der Waals surface area contributed by atoms with Gasteiger partial charge in [-0.05, 0) is 50.7 Å². The fourth-order valence-electron chi connectivity index (χ4n) is 5.26. The van der Waals surface area contributed by atoms with E-state index in [1.54, 1.807) is 26.9 Å². The van der Waals surface area contributed by atoms with Crippen LogP contribution >= 0.6 is 0 Å². The quantitative estimate of drug-likeness (QED) is 0.531. The van der Waals surface area contributed by atoms with Crippen LogP contribution in [-0.2, 0) is 12.6 Å². The Labute approximate surface area is 171 Å². The highest BCUT2D eigenvalue weighted by atomic mass is 16.3. The standard InChI is InChI=1S/C20H22N8O2/c1-12-7-15-22-11-23-27(15)9-13(12)24-17-21-8-14-16(25-17)28(18(29)26(14)2)19-3-5-20(30,10-19)6-4-19/h7-9,11,30H,3-6,10H2,1-2H3,(H,21,24,25). The lowest BCUT2D eigenvalue weighted by molar-refractivity contribution is 0.0521. The maximum absolute atomic E-state index is 13.1. The minimum Gasteiger partial charge on any atom is -0.390 e. The second-order valence-corrected chi connectivity index (χ2v) is 8.76. The van der Waals surface area contributed by atoms with Crippen LogP contribution in [0.5, 0.6) is 0 Å². The Hall–Kier alpha value is -3.27. The van der Waals surface area contributed by atoms with E-state index >= 15 is 0 Å². The number of imidazole rings is 1. The van der Waals surface area contributed by atoms with Crippen molar-refractivity contribution in [1.82, 2.24) is 33.7 Å². The zero-order valence-electron chi connectivity index (χ0n) is 16.8. The van der Waals surface area contributed by atoms with Gasteiger partial charge in [-0.2, -0.15) is 10.1 Å². The highest BCUT2D eigenvalue weighted by Gasteiger charge is 2.55. The number of aromatic nitrogens is 7. The van der Waals surface area contributed by atoms with Gasteiger partial charge in [-0.1, -0.05) is 0 Å². The van der Waals surface area contributed by atoms with Gasteiger partial charge in [-0.3, -0.25) is 9.13 Å². The minimum absolute atomic E-state index is 0.109. The smallest absolute Gasteiger partial charge is 0.330 e. The molecule has 30 heavy (non-hydrogen) atoms. The molecule has 0 aromatic carbocycles. The Morgan fingerprint density at radius 3 is 2.73 bits per heavy atom. The van der Waals surface area contributed by atoms with Crippen LogP contribution in [0.1, 0.15) is 37.7 Å². The Morgan fingerprint density at radius 1 is 1.20 bits per heavy atom. The van der Waals surface area contributed by atoms with E-state index in [4.69, 9.17) is 4.98 Å². The monoisotopic (exact) mass is 406 g/mol. The van der Waals surface area contributed by atoms with Crippen molar-refractivity contribution in [1.29, 1.82) is 0 Å². The number of aliphatic hydroxyl groups is 1. The molecule has 0 unspecified atom stereocenters. The minimum atomic E-state index is -0.653. The largest absolute Gasteiger partial charge is 0.390 e. The highest BCUT2D eigenvalue weighted by Crippen LogP contribution is 2.55. The molecule has 10 heteroatoms. The number of fused-ring (bicyclic) bond motifs is 4. The first-order valence-corrected chi connectivity index (χ1v) is 10.1. The van der Waals surface area contributed by atoms with E-state index in [0.29, 0.717) is 23.5 Å². The van der Waals surface area contributed by atoms with Crippen LogP contribution in [0.2, 0.25) is 0 Å². The van der Waals surface area contributed by atoms with Gasteiger partial charge in [0.05, 0.1) is 29.2 Å². The average Bonchev–Trinajstić information content (AvgIpc) is 3.45. The van der Waals surface area contributed by atoms with E-state index < -0.39 is 5.60 Å². The van der Waals surface area contributed by atoms with Gasteiger partial charge in [0.2, 0.25) is 5.95 Å². The molecule has 2 fully saturated rings. The fraction of sp³-hybridized carbons (Fsp3) is 0.450. The molecule has 154 valence electrons. The van der Waals surface area contributed by atoms with Gasteiger partial charge < -0.3 is 10.4 Å². The van der Waals surface area contributed by atoms with Gasteiger partial charge in [0.25, 0.3) is 0 Å². The summed E-state index contributed by atoms with van der Waals surface area (Å²) in [6.45, 7) is 1.98. The number of anilines is 2. The lowest BCUT2D eigenvalue weighted by atomic mass is 9.92. The molecule has 0 atom stereocenters. The van der Waals surface area contributed by atoms with E-state index in [2.05, 4.69) is 20.4 Å². The molecule has 0 radical (unpaired) electrons. The molecule has 2 bridgehead atoms. The van der Waals surface area contributed by atoms with Crippen LogP contribution in [0, 0.1) is 6.92 Å². The molecule has 2 saturated carbocycles. The SMILES string of the molecule is Cc1cc2ncnn2cc1Nc1ncc2c(n1)n(C13CCC(O)(CC1)C3)c(=O)n2C. The summed E-state index contributed by atoms with van der Waals surface area (Å²) >= 11 is 0. The Morgan fingerprint density at radius 2 is 2.00 bits per heavy atom. The predicted molar refractivity (Wildman–Crippen MR) is 110 cm³/mol. The molecule has 4 heterocycles. The van der Waals surface area contributed by atoms with Crippen molar-refractivity contribution < 1.29 is 5.11 Å². The number of hydrogen-bond acceptors (Lipinski definition) is 7. The van der Waals surface area contributed by atoms with Crippen LogP contribution in [0.15, 0.2) is 29.6 Å². The molecular formula is C20H22N8O2. The molecule has 10 nitrogen and oxygen atoms in total. The summed E-state index contributed by atoms with van der Waals surface area (Å²) in [5.41, 5.74) is 2.72. The number of nitrogens with zero attached hydrogens (tertiary/aromatic N) is 7. The third-order valence-electron chi connectivity index (χ3n) is 6.91. The second kappa shape index (κ2) is 5.66. The lowest BCUT2D eigenvalue weighted by Gasteiger charge is -2.27. The van der Waals surface area contributed by atoms with Crippen LogP contribution in [0.4, 0.5) is 11.6 Å². The van der Waals surface area contributed by atoms with Gasteiger partial charge >= 0.3 is 5.69 Å². The topological polar surface area (TPSA) is 115 Å². The van der Waals surface area contributed by atoms with Crippen molar-refractivity contribution >= 4 is 28.4 Å². The summed E-state index contributed by atoms with van der Waals surface area (Å²) in [5, 5.41) is 18.1. The zero-order valence-corrected chi connectivity index (χ0v) is 16.8. The number of pyridine rings is 1. The summed E-state index contributed by atoms with van der Waals surface area (Å²) in [6, 6.07) is 1.93. The van der Waals surface area contributed by atoms with Crippen molar-refractivity contribution in [2.24, 2.45) is 7.05 Å². The first-order valence-electron chi connectivity index (χ1n) is 10.1. The van der Waals surface area contributed by atoms with Crippen LogP contribution < -0.4 is 11.0 Å². The van der Waals surface area contributed by atoms with Gasteiger partial charge in [0.15, 0.2) is 11.3 Å². The van der Waals surface area contributed by atoms with E-state index in [9.17, 15) is 9.90 Å². The van der Waals surface area contributed by atoms with Crippen molar-refractivity contribution in [2.45, 2.75) is 50.2 Å². The summed E-state index contributed by atoms with van der Waals surface area (Å²) in [6.07, 6.45) is 8.66. The second-order valence-electron chi connectivity index (χ2n) is 8.76. The van der Waals surface area contributed by atoms with Crippen molar-refractivity contribution in [3.05, 3.63) is 40.8 Å². The molecule has 4 aromatic rings. The van der Waals surface area contributed by atoms with Gasteiger partial charge in [-0.15, -0.1) is 0 Å². The predicted octanol–water partition coefficient (Wildman–Crippen LogP) is 1.63. The van der Waals surface area contributed by atoms with E-state index in [-0.39, 0.29) is 11.2 Å². The number of nitrogens with one attached hydrogen (secondary N) is 1. The highest BCUT2D eigenvalue weighted by molar-refractivity contribution is 5.73. The third-order valence-corrected chi connectivity index (χ3v) is 6.91. The lowest BCUT2D eigenvalue weighted by Crippen LogP contribution is -2.38. The molecule has 2 aliphatic rings. The van der Waals surface area contributed by atoms with Gasteiger partial charge in [0.1, 0.15) is 11.8 Å². The number of aryl methyl sites for hydroxylation is 2. The Bertz CT molecular complexity index is 1370. The first-order chi connectivity index (χ1) is 14.4. The number of rotatable bonds is 3. The van der Waals surface area contributed by atoms with E-state index in [0.717, 1.165) is 42.6 Å². The van der Waals surface area contributed by atoms with Crippen LogP contribution in [0.25, 0.3) is 16.8 Å². The molecule has 0 aliphatic heterocycles. The molecular weight excluding hydrogens is 384 g/mol. The number of hydrogen-bond donors (Lipinski definition) is 2. The summed E-state index contributed by atoms with van der Waals surface area (Å²) in [4.78, 5) is 26.5. The normalized spacial score (nSPS) is 25.6. The van der Waals surface area contributed by atoms with Crippen LogP contribution in [0.3, 0.4) is 0 Å². The third kappa shape index (κ3) is 2.30. The van der Waals surface area contributed by atoms with Crippen LogP contribution in [-0.4, -0.2) is 44.4 Å².